The van der Waals surface area contributed by atoms with Crippen LogP contribution < -0.4 is 5.32 Å². The van der Waals surface area contributed by atoms with E-state index in [1.807, 2.05) is 35.8 Å². The first kappa shape index (κ1) is 21.6. The van der Waals surface area contributed by atoms with Crippen LogP contribution in [0.2, 0.25) is 10.0 Å². The molecule has 1 N–H and O–H groups in total. The molecular formula is C22H22Cl2FN5O. The summed E-state index contributed by atoms with van der Waals surface area (Å²) in [6.45, 7) is 4.50. The molecular weight excluding hydrogens is 440 g/mol. The number of benzene rings is 2. The van der Waals surface area contributed by atoms with E-state index in [1.165, 1.54) is 18.2 Å². The number of hydrogen-bond donors (Lipinski definition) is 1. The largest absolute Gasteiger partial charge is 0.322 e. The van der Waals surface area contributed by atoms with Crippen LogP contribution in [0.5, 0.6) is 0 Å². The summed E-state index contributed by atoms with van der Waals surface area (Å²) in [6.07, 6.45) is 1.57. The molecule has 31 heavy (non-hydrogen) atoms. The summed E-state index contributed by atoms with van der Waals surface area (Å²) in [7, 11) is 0. The zero-order valence-corrected chi connectivity index (χ0v) is 18.7. The third kappa shape index (κ3) is 4.38. The molecule has 0 aliphatic carbocycles. The molecule has 0 bridgehead atoms. The molecule has 0 saturated carbocycles. The number of rotatable bonds is 4. The molecule has 1 saturated heterocycles. The van der Waals surface area contributed by atoms with E-state index in [4.69, 9.17) is 23.2 Å². The van der Waals surface area contributed by atoms with Gasteiger partial charge in [-0.05, 0) is 62.6 Å². The zero-order chi connectivity index (χ0) is 22.1. The molecule has 0 unspecified atom stereocenters. The second-order valence-corrected chi connectivity index (χ2v) is 8.48. The monoisotopic (exact) mass is 461 g/mol. The van der Waals surface area contributed by atoms with Gasteiger partial charge in [-0.3, -0.25) is 0 Å². The van der Waals surface area contributed by atoms with Crippen LogP contribution in [0, 0.1) is 12.7 Å². The van der Waals surface area contributed by atoms with Crippen molar-refractivity contribution in [3.8, 4) is 0 Å². The number of nitrogens with one attached hydrogen (secondary N) is 1. The standard InChI is InChI=1S/C22H22Cl2FN5O/c1-13(15-5-7-16(23)8-6-15)30-14(2)27-28-21(30)20-4-3-11-29(20)22(31)26-19-10-9-17(24)12-18(19)25/h5-10,12-13,20H,3-4,11H2,1-2H3,(H,26,31)/t13-,20+/m0/s1. The topological polar surface area (TPSA) is 63.1 Å². The maximum absolute atomic E-state index is 14.2. The Hall–Kier alpha value is -2.64. The lowest BCUT2D eigenvalue weighted by Crippen LogP contribution is -2.36. The summed E-state index contributed by atoms with van der Waals surface area (Å²) in [5, 5.41) is 12.3. The predicted octanol–water partition coefficient (Wildman–Crippen LogP) is 6.01. The minimum Gasteiger partial charge on any atom is -0.314 e. The Morgan fingerprint density at radius 2 is 1.87 bits per heavy atom. The number of nitrogens with zero attached hydrogens (tertiary/aromatic N) is 4. The van der Waals surface area contributed by atoms with Gasteiger partial charge < -0.3 is 14.8 Å². The summed E-state index contributed by atoms with van der Waals surface area (Å²) in [5.74, 6) is 0.893. The van der Waals surface area contributed by atoms with Gasteiger partial charge in [-0.1, -0.05) is 35.3 Å². The number of aromatic nitrogens is 3. The van der Waals surface area contributed by atoms with Crippen molar-refractivity contribution < 1.29 is 9.18 Å². The molecule has 3 aromatic rings. The highest BCUT2D eigenvalue weighted by atomic mass is 35.5. The lowest BCUT2D eigenvalue weighted by Gasteiger charge is -2.27. The van der Waals surface area contributed by atoms with Crippen LogP contribution in [0.3, 0.4) is 0 Å². The van der Waals surface area contributed by atoms with Gasteiger partial charge in [0.25, 0.3) is 0 Å². The van der Waals surface area contributed by atoms with Crippen LogP contribution in [0.25, 0.3) is 0 Å². The highest BCUT2D eigenvalue weighted by molar-refractivity contribution is 6.30. The Labute approximate surface area is 190 Å². The van der Waals surface area contributed by atoms with Crippen LogP contribution in [-0.2, 0) is 0 Å². The van der Waals surface area contributed by atoms with Crippen LogP contribution in [0.1, 0.15) is 49.1 Å². The molecule has 2 aromatic carbocycles. The normalized spacial score (nSPS) is 17.1. The number of likely N-dealkylation sites (tertiary alicyclic amines) is 1. The van der Waals surface area contributed by atoms with Crippen molar-refractivity contribution in [2.24, 2.45) is 0 Å². The van der Waals surface area contributed by atoms with Crippen LogP contribution >= 0.6 is 23.2 Å². The van der Waals surface area contributed by atoms with Crippen molar-refractivity contribution in [2.45, 2.75) is 38.8 Å². The van der Waals surface area contributed by atoms with Crippen molar-refractivity contribution >= 4 is 34.9 Å². The molecule has 2 atom stereocenters. The quantitative estimate of drug-likeness (QED) is 0.517. The summed E-state index contributed by atoms with van der Waals surface area (Å²) in [4.78, 5) is 14.7. The van der Waals surface area contributed by atoms with E-state index >= 15 is 0 Å². The van der Waals surface area contributed by atoms with Gasteiger partial charge in [-0.2, -0.15) is 0 Å². The van der Waals surface area contributed by atoms with E-state index in [2.05, 4.69) is 22.4 Å². The Balaban J connectivity index is 1.60. The summed E-state index contributed by atoms with van der Waals surface area (Å²) >= 11 is 11.8. The van der Waals surface area contributed by atoms with E-state index in [-0.39, 0.29) is 28.8 Å². The highest BCUT2D eigenvalue weighted by Gasteiger charge is 2.35. The molecule has 6 nitrogen and oxygen atoms in total. The van der Waals surface area contributed by atoms with Gasteiger partial charge in [0.1, 0.15) is 11.6 Å². The molecule has 1 aliphatic rings. The van der Waals surface area contributed by atoms with Crippen molar-refractivity contribution in [2.75, 3.05) is 11.9 Å². The minimum absolute atomic E-state index is 0.0403. The first-order valence-corrected chi connectivity index (χ1v) is 10.8. The van der Waals surface area contributed by atoms with E-state index < -0.39 is 5.82 Å². The average molecular weight is 462 g/mol. The maximum atomic E-state index is 14.2. The Morgan fingerprint density at radius 3 is 2.58 bits per heavy atom. The first-order valence-electron chi connectivity index (χ1n) is 10.0. The molecule has 1 aromatic heterocycles. The number of halogens is 3. The van der Waals surface area contributed by atoms with Crippen molar-refractivity contribution in [1.82, 2.24) is 19.7 Å². The number of urea groups is 1. The molecule has 2 heterocycles. The SMILES string of the molecule is Cc1nnc([C@H]2CCCN2C(=O)Nc2ccc(Cl)cc2F)n1[C@@H](C)c1ccc(Cl)cc1. The first-order chi connectivity index (χ1) is 14.8. The van der Waals surface area contributed by atoms with Crippen LogP contribution in [-0.4, -0.2) is 32.2 Å². The van der Waals surface area contributed by atoms with Crippen LogP contribution in [0.4, 0.5) is 14.9 Å². The van der Waals surface area contributed by atoms with Gasteiger partial charge in [0.2, 0.25) is 0 Å². The number of carbonyl (C=O) groups excluding carboxylic acids is 1. The number of aryl methyl sites for hydroxylation is 1. The fourth-order valence-corrected chi connectivity index (χ4v) is 4.32. The number of carbonyl (C=O) groups is 1. The highest BCUT2D eigenvalue weighted by Crippen LogP contribution is 2.34. The van der Waals surface area contributed by atoms with Crippen molar-refractivity contribution in [1.29, 1.82) is 0 Å². The third-order valence-corrected chi connectivity index (χ3v) is 6.10. The average Bonchev–Trinajstić information content (AvgIpc) is 3.36. The molecule has 9 heteroatoms. The molecule has 1 aliphatic heterocycles. The van der Waals surface area contributed by atoms with Gasteiger partial charge in [0, 0.05) is 16.6 Å². The van der Waals surface area contributed by atoms with Crippen molar-refractivity contribution in [3.63, 3.8) is 0 Å². The summed E-state index contributed by atoms with van der Waals surface area (Å²) in [6, 6.07) is 11.1. The van der Waals surface area contributed by atoms with Gasteiger partial charge in [-0.15, -0.1) is 10.2 Å². The predicted molar refractivity (Wildman–Crippen MR) is 119 cm³/mol. The van der Waals surface area contributed by atoms with E-state index in [0.29, 0.717) is 17.4 Å². The molecule has 162 valence electrons. The lowest BCUT2D eigenvalue weighted by molar-refractivity contribution is 0.203. The lowest BCUT2D eigenvalue weighted by atomic mass is 10.1. The van der Waals surface area contributed by atoms with Gasteiger partial charge in [-0.25, -0.2) is 9.18 Å². The summed E-state index contributed by atoms with van der Waals surface area (Å²) < 4.78 is 16.2. The van der Waals surface area contributed by atoms with Crippen molar-refractivity contribution in [3.05, 3.63) is 75.5 Å². The number of amides is 2. The fourth-order valence-electron chi connectivity index (χ4n) is 4.04. The number of hydrogen-bond acceptors (Lipinski definition) is 3. The van der Waals surface area contributed by atoms with E-state index in [0.717, 1.165) is 24.2 Å². The van der Waals surface area contributed by atoms with Gasteiger partial charge in [0.15, 0.2) is 5.82 Å². The minimum atomic E-state index is -0.577. The Morgan fingerprint density at radius 1 is 1.16 bits per heavy atom. The Kier molecular flexibility index (Phi) is 6.16. The number of anilines is 1. The molecule has 1 fully saturated rings. The maximum Gasteiger partial charge on any atom is 0.322 e. The van der Waals surface area contributed by atoms with Gasteiger partial charge >= 0.3 is 6.03 Å². The van der Waals surface area contributed by atoms with Gasteiger partial charge in [0.05, 0.1) is 17.8 Å². The fraction of sp³-hybridized carbons (Fsp3) is 0.318. The van der Waals surface area contributed by atoms with Crippen LogP contribution in [0.15, 0.2) is 42.5 Å². The molecule has 2 amide bonds. The second-order valence-electron chi connectivity index (χ2n) is 7.61. The van der Waals surface area contributed by atoms with E-state index in [9.17, 15) is 9.18 Å². The Bertz CT molecular complexity index is 1100. The molecule has 0 spiro atoms. The second kappa shape index (κ2) is 8.85. The zero-order valence-electron chi connectivity index (χ0n) is 17.1. The molecule has 0 radical (unpaired) electrons. The summed E-state index contributed by atoms with van der Waals surface area (Å²) in [5.41, 5.74) is 1.15. The van der Waals surface area contributed by atoms with E-state index in [1.54, 1.807) is 4.90 Å². The smallest absolute Gasteiger partial charge is 0.314 e. The third-order valence-electron chi connectivity index (χ3n) is 5.62. The molecule has 4 rings (SSSR count).